The Morgan fingerprint density at radius 1 is 1.11 bits per heavy atom. The lowest BCUT2D eigenvalue weighted by molar-refractivity contribution is -0.114. The molecule has 0 fully saturated rings. The van der Waals surface area contributed by atoms with Crippen LogP contribution >= 0.6 is 11.8 Å². The Morgan fingerprint density at radius 2 is 1.81 bits per heavy atom. The van der Waals surface area contributed by atoms with Crippen LogP contribution in [-0.2, 0) is 4.79 Å². The van der Waals surface area contributed by atoms with Gasteiger partial charge >= 0.3 is 0 Å². The van der Waals surface area contributed by atoms with E-state index in [1.807, 2.05) is 24.3 Å². The van der Waals surface area contributed by atoms with Gasteiger partial charge in [0, 0.05) is 23.7 Å². The first-order valence-corrected chi connectivity index (χ1v) is 9.14. The molecule has 0 aliphatic rings. The van der Waals surface area contributed by atoms with E-state index in [4.69, 9.17) is 4.74 Å². The van der Waals surface area contributed by atoms with E-state index in [1.165, 1.54) is 18.7 Å². The lowest BCUT2D eigenvalue weighted by Gasteiger charge is -2.03. The fraction of sp³-hybridized carbons (Fsp3) is 0.158. The van der Waals surface area contributed by atoms with Crippen molar-refractivity contribution < 1.29 is 14.3 Å². The Labute approximate surface area is 160 Å². The van der Waals surface area contributed by atoms with Gasteiger partial charge < -0.3 is 10.1 Å². The summed E-state index contributed by atoms with van der Waals surface area (Å²) in [5, 5.41) is 10.2. The zero-order chi connectivity index (χ0) is 19.2. The zero-order valence-corrected chi connectivity index (χ0v) is 15.7. The van der Waals surface area contributed by atoms with E-state index >= 15 is 0 Å². The van der Waals surface area contributed by atoms with Crippen LogP contribution in [0.25, 0.3) is 11.4 Å². The van der Waals surface area contributed by atoms with Crippen molar-refractivity contribution in [1.82, 2.24) is 15.2 Å². The molecule has 0 spiro atoms. The lowest BCUT2D eigenvalue weighted by Crippen LogP contribution is -2.07. The number of carbonyl (C=O) groups is 2. The number of ketones is 1. The summed E-state index contributed by atoms with van der Waals surface area (Å²) in [6.07, 6.45) is 0. The number of thioether (sulfide) groups is 1. The van der Waals surface area contributed by atoms with Gasteiger partial charge in [-0.15, -0.1) is 5.10 Å². The van der Waals surface area contributed by atoms with E-state index in [1.54, 1.807) is 31.4 Å². The monoisotopic (exact) mass is 382 g/mol. The second kappa shape index (κ2) is 8.50. The molecule has 1 heterocycles. The summed E-state index contributed by atoms with van der Waals surface area (Å²) in [4.78, 5) is 27.7. The number of carbonyl (C=O) groups excluding carboxylic acids is 2. The van der Waals surface area contributed by atoms with Gasteiger partial charge in [0.2, 0.25) is 11.1 Å². The van der Waals surface area contributed by atoms with E-state index in [0.29, 0.717) is 22.2 Å². The Kier molecular flexibility index (Phi) is 5.87. The van der Waals surface area contributed by atoms with E-state index in [0.717, 1.165) is 11.3 Å². The highest BCUT2D eigenvalue weighted by Gasteiger charge is 2.11. The largest absolute Gasteiger partial charge is 0.497 e. The number of aromatic amines is 1. The number of H-pyrrole nitrogens is 1. The zero-order valence-electron chi connectivity index (χ0n) is 14.9. The third kappa shape index (κ3) is 4.95. The predicted octanol–water partition coefficient (Wildman–Crippen LogP) is 3.41. The van der Waals surface area contributed by atoms with Crippen LogP contribution in [0.1, 0.15) is 17.3 Å². The number of nitrogens with one attached hydrogen (secondary N) is 2. The smallest absolute Gasteiger partial charge is 0.221 e. The lowest BCUT2D eigenvalue weighted by atomic mass is 10.1. The summed E-state index contributed by atoms with van der Waals surface area (Å²) in [6.45, 7) is 1.44. The molecule has 7 nitrogen and oxygen atoms in total. The van der Waals surface area contributed by atoms with Gasteiger partial charge in [0.1, 0.15) is 5.75 Å². The highest BCUT2D eigenvalue weighted by atomic mass is 32.2. The Balaban J connectivity index is 1.59. The van der Waals surface area contributed by atoms with Crippen molar-refractivity contribution in [3.63, 3.8) is 0 Å². The van der Waals surface area contributed by atoms with Crippen molar-refractivity contribution in [1.29, 1.82) is 0 Å². The molecule has 3 aromatic rings. The van der Waals surface area contributed by atoms with Crippen LogP contribution in [0.3, 0.4) is 0 Å². The van der Waals surface area contributed by atoms with Crippen molar-refractivity contribution in [2.24, 2.45) is 0 Å². The van der Waals surface area contributed by atoms with Crippen molar-refractivity contribution in [2.45, 2.75) is 12.1 Å². The summed E-state index contributed by atoms with van der Waals surface area (Å²) < 4.78 is 5.13. The summed E-state index contributed by atoms with van der Waals surface area (Å²) >= 11 is 1.26. The fourth-order valence-corrected chi connectivity index (χ4v) is 3.04. The number of ether oxygens (including phenoxy) is 1. The number of benzene rings is 2. The standard InChI is InChI=1S/C19H18N4O3S/c1-12(24)20-15-7-3-13(4-8-15)17(25)11-27-19-21-18(22-23-19)14-5-9-16(26-2)10-6-14/h3-10H,11H2,1-2H3,(H,20,24)(H,21,22,23). The third-order valence-electron chi connectivity index (χ3n) is 3.69. The van der Waals surface area contributed by atoms with E-state index in [2.05, 4.69) is 20.5 Å². The highest BCUT2D eigenvalue weighted by molar-refractivity contribution is 7.99. The van der Waals surface area contributed by atoms with Crippen LogP contribution < -0.4 is 10.1 Å². The molecule has 0 aliphatic heterocycles. The molecule has 1 aromatic heterocycles. The number of hydrogen-bond acceptors (Lipinski definition) is 6. The van der Waals surface area contributed by atoms with Crippen LogP contribution in [0.4, 0.5) is 5.69 Å². The molecule has 0 saturated heterocycles. The van der Waals surface area contributed by atoms with Crippen LogP contribution in [0.5, 0.6) is 5.75 Å². The van der Waals surface area contributed by atoms with Crippen molar-refractivity contribution in [3.8, 4) is 17.1 Å². The van der Waals surface area contributed by atoms with Crippen molar-refractivity contribution in [3.05, 3.63) is 54.1 Å². The van der Waals surface area contributed by atoms with Gasteiger partial charge in [-0.25, -0.2) is 4.98 Å². The second-order valence-corrected chi connectivity index (χ2v) is 6.61. The molecular weight excluding hydrogens is 364 g/mol. The number of hydrogen-bond donors (Lipinski definition) is 2. The first-order chi connectivity index (χ1) is 13.0. The van der Waals surface area contributed by atoms with Gasteiger partial charge in [-0.3, -0.25) is 14.7 Å². The molecular formula is C19H18N4O3S. The predicted molar refractivity (Wildman–Crippen MR) is 104 cm³/mol. The molecule has 2 N–H and O–H groups in total. The summed E-state index contributed by atoms with van der Waals surface area (Å²) in [5.41, 5.74) is 2.11. The first-order valence-electron chi connectivity index (χ1n) is 8.15. The van der Waals surface area contributed by atoms with E-state index < -0.39 is 0 Å². The summed E-state index contributed by atoms with van der Waals surface area (Å²) in [5.74, 6) is 1.43. The van der Waals surface area contributed by atoms with Crippen molar-refractivity contribution in [2.75, 3.05) is 18.2 Å². The average Bonchev–Trinajstić information content (AvgIpc) is 3.15. The first kappa shape index (κ1) is 18.7. The molecule has 1 amide bonds. The van der Waals surface area contributed by atoms with Crippen molar-refractivity contribution >= 4 is 29.1 Å². The molecule has 0 atom stereocenters. The number of nitrogens with zero attached hydrogens (tertiary/aromatic N) is 2. The normalized spacial score (nSPS) is 10.4. The van der Waals surface area contributed by atoms with Gasteiger partial charge in [0.05, 0.1) is 12.9 Å². The number of amides is 1. The van der Waals surface area contributed by atoms with Gasteiger partial charge in [-0.05, 0) is 48.5 Å². The molecule has 2 aromatic carbocycles. The molecule has 0 saturated carbocycles. The molecule has 3 rings (SSSR count). The number of anilines is 1. The summed E-state index contributed by atoms with van der Waals surface area (Å²) in [7, 11) is 1.61. The number of aromatic nitrogens is 3. The van der Waals surface area contributed by atoms with E-state index in [-0.39, 0.29) is 17.4 Å². The molecule has 0 aliphatic carbocycles. The minimum Gasteiger partial charge on any atom is -0.497 e. The third-order valence-corrected chi connectivity index (χ3v) is 4.54. The quantitative estimate of drug-likeness (QED) is 0.480. The Morgan fingerprint density at radius 3 is 2.44 bits per heavy atom. The summed E-state index contributed by atoms with van der Waals surface area (Å²) in [6, 6.07) is 14.2. The maximum Gasteiger partial charge on any atom is 0.221 e. The van der Waals surface area contributed by atoms with Crippen LogP contribution in [0.15, 0.2) is 53.7 Å². The molecule has 0 unspecified atom stereocenters. The van der Waals surface area contributed by atoms with Gasteiger partial charge in [-0.2, -0.15) is 0 Å². The maximum absolute atomic E-state index is 12.3. The van der Waals surface area contributed by atoms with Gasteiger partial charge in [0.15, 0.2) is 11.6 Å². The van der Waals surface area contributed by atoms with Crippen LogP contribution in [-0.4, -0.2) is 39.7 Å². The number of Topliss-reactive ketones (excluding diaryl/α,β-unsaturated/α-hetero) is 1. The average molecular weight is 382 g/mol. The fourth-order valence-electron chi connectivity index (χ4n) is 2.35. The second-order valence-electron chi connectivity index (χ2n) is 5.67. The minimum atomic E-state index is -0.151. The van der Waals surface area contributed by atoms with Crippen LogP contribution in [0.2, 0.25) is 0 Å². The maximum atomic E-state index is 12.3. The minimum absolute atomic E-state index is 0.0369. The Hall–Kier alpha value is -3.13. The number of methoxy groups -OCH3 is 1. The highest BCUT2D eigenvalue weighted by Crippen LogP contribution is 2.22. The van der Waals surface area contributed by atoms with Gasteiger partial charge in [0.25, 0.3) is 0 Å². The van der Waals surface area contributed by atoms with Gasteiger partial charge in [-0.1, -0.05) is 11.8 Å². The molecule has 138 valence electrons. The van der Waals surface area contributed by atoms with Crippen LogP contribution in [0, 0.1) is 0 Å². The molecule has 8 heteroatoms. The molecule has 0 radical (unpaired) electrons. The topological polar surface area (TPSA) is 97.0 Å². The SMILES string of the molecule is COc1ccc(-c2nc(SCC(=O)c3ccc(NC(C)=O)cc3)n[nH]2)cc1. The van der Waals surface area contributed by atoms with E-state index in [9.17, 15) is 9.59 Å². The molecule has 0 bridgehead atoms. The number of rotatable bonds is 7. The Bertz CT molecular complexity index is 936. The molecule has 27 heavy (non-hydrogen) atoms.